The zero-order valence-corrected chi connectivity index (χ0v) is 17.1. The minimum Gasteiger partial charge on any atom is -0.325 e. The van der Waals surface area contributed by atoms with Gasteiger partial charge >= 0.3 is 0 Å². The van der Waals surface area contributed by atoms with Gasteiger partial charge < -0.3 is 5.32 Å². The first-order valence-corrected chi connectivity index (χ1v) is 10.4. The summed E-state index contributed by atoms with van der Waals surface area (Å²) in [7, 11) is 0. The van der Waals surface area contributed by atoms with Gasteiger partial charge in [-0.3, -0.25) is 4.79 Å². The summed E-state index contributed by atoms with van der Waals surface area (Å²) in [6.45, 7) is 6.08. The summed E-state index contributed by atoms with van der Waals surface area (Å²) in [6.07, 6.45) is 3.32. The van der Waals surface area contributed by atoms with Gasteiger partial charge in [0.2, 0.25) is 5.91 Å². The minimum absolute atomic E-state index is 0.0519. The van der Waals surface area contributed by atoms with Crippen LogP contribution in [-0.4, -0.2) is 31.6 Å². The van der Waals surface area contributed by atoms with Gasteiger partial charge in [0, 0.05) is 11.4 Å². The Labute approximate surface area is 168 Å². The predicted molar refractivity (Wildman–Crippen MR) is 111 cm³/mol. The van der Waals surface area contributed by atoms with Gasteiger partial charge in [-0.05, 0) is 74.9 Å². The maximum atomic E-state index is 12.3. The third kappa shape index (κ3) is 3.80. The molecule has 7 heteroatoms. The van der Waals surface area contributed by atoms with Gasteiger partial charge in [-0.2, -0.15) is 5.10 Å². The van der Waals surface area contributed by atoms with Crippen LogP contribution in [0.1, 0.15) is 34.5 Å². The average molecular weight is 394 g/mol. The number of aryl methyl sites for hydroxylation is 3. The Morgan fingerprint density at radius 3 is 2.75 bits per heavy atom. The van der Waals surface area contributed by atoms with Crippen LogP contribution in [0, 0.1) is 20.8 Å². The van der Waals surface area contributed by atoms with Crippen LogP contribution in [0.3, 0.4) is 0 Å². The summed E-state index contributed by atoms with van der Waals surface area (Å²) < 4.78 is 1.87. The smallest absolute Gasteiger partial charge is 0.234 e. The van der Waals surface area contributed by atoms with Gasteiger partial charge in [-0.25, -0.2) is 4.68 Å². The molecule has 3 aromatic rings. The molecule has 1 aromatic carbocycles. The van der Waals surface area contributed by atoms with Crippen LogP contribution in [-0.2, 0) is 17.6 Å². The van der Waals surface area contributed by atoms with Crippen molar-refractivity contribution < 1.29 is 4.79 Å². The molecule has 1 amide bonds. The second kappa shape index (κ2) is 7.75. The largest absolute Gasteiger partial charge is 0.325 e. The first kappa shape index (κ1) is 18.7. The van der Waals surface area contributed by atoms with E-state index in [1.165, 1.54) is 29.4 Å². The van der Waals surface area contributed by atoms with E-state index in [9.17, 15) is 4.79 Å². The third-order valence-electron chi connectivity index (χ3n) is 5.03. The number of hydrogen-bond donors (Lipinski definition) is 1. The number of hydrogen-bond acceptors (Lipinski definition) is 5. The highest BCUT2D eigenvalue weighted by molar-refractivity contribution is 7.99. The molecule has 0 unspecified atom stereocenters. The van der Waals surface area contributed by atoms with Crippen molar-refractivity contribution in [2.24, 2.45) is 0 Å². The molecule has 1 aliphatic rings. The van der Waals surface area contributed by atoms with Crippen LogP contribution < -0.4 is 5.32 Å². The highest BCUT2D eigenvalue weighted by Crippen LogP contribution is 2.26. The van der Waals surface area contributed by atoms with E-state index in [1.54, 1.807) is 0 Å². The highest BCUT2D eigenvalue weighted by Gasteiger charge is 2.20. The fraction of sp³-hybridized carbons (Fsp3) is 0.333. The minimum atomic E-state index is -0.0519. The maximum absolute atomic E-state index is 12.3. The molecular formula is C21H23N5OS. The van der Waals surface area contributed by atoms with E-state index in [2.05, 4.69) is 27.5 Å². The van der Waals surface area contributed by atoms with Crippen molar-refractivity contribution in [3.63, 3.8) is 0 Å². The third-order valence-corrected chi connectivity index (χ3v) is 5.95. The van der Waals surface area contributed by atoms with Crippen molar-refractivity contribution in [2.45, 2.75) is 45.1 Å². The fourth-order valence-corrected chi connectivity index (χ4v) is 4.09. The van der Waals surface area contributed by atoms with Crippen molar-refractivity contribution in [3.8, 4) is 5.82 Å². The van der Waals surface area contributed by atoms with E-state index < -0.39 is 0 Å². The summed E-state index contributed by atoms with van der Waals surface area (Å²) in [5, 5.41) is 16.9. The molecule has 2 heterocycles. The van der Waals surface area contributed by atoms with Crippen LogP contribution in [0.5, 0.6) is 0 Å². The standard InChI is InChI=1S/C21H23N5OS/c1-13-7-8-14(2)18(11-13)22-20(27)12-28-21-10-9-19(23-24-21)26-15(3)16-5-4-6-17(16)25-26/h7-11H,4-6,12H2,1-3H3,(H,22,27). The molecule has 1 N–H and O–H groups in total. The Morgan fingerprint density at radius 1 is 1.14 bits per heavy atom. The number of nitrogens with zero attached hydrogens (tertiary/aromatic N) is 4. The molecule has 1 aliphatic carbocycles. The van der Waals surface area contributed by atoms with E-state index in [1.807, 2.05) is 48.9 Å². The SMILES string of the molecule is Cc1ccc(C)c(NC(=O)CSc2ccc(-n3nc4c(c3C)CCC4)nn2)c1. The molecule has 0 aliphatic heterocycles. The topological polar surface area (TPSA) is 72.7 Å². The zero-order valence-electron chi connectivity index (χ0n) is 16.3. The number of benzene rings is 1. The van der Waals surface area contributed by atoms with Crippen molar-refractivity contribution in [1.29, 1.82) is 0 Å². The van der Waals surface area contributed by atoms with Crippen LogP contribution in [0.25, 0.3) is 5.82 Å². The van der Waals surface area contributed by atoms with E-state index in [0.29, 0.717) is 0 Å². The Hall–Kier alpha value is -2.67. The molecule has 4 rings (SSSR count). The summed E-state index contributed by atoms with van der Waals surface area (Å²) >= 11 is 1.37. The molecule has 0 spiro atoms. The molecule has 0 radical (unpaired) electrons. The number of carbonyl (C=O) groups is 1. The predicted octanol–water partition coefficient (Wildman–Crippen LogP) is 3.81. The van der Waals surface area contributed by atoms with Crippen molar-refractivity contribution in [3.05, 3.63) is 58.4 Å². The van der Waals surface area contributed by atoms with Gasteiger partial charge in [0.1, 0.15) is 5.03 Å². The van der Waals surface area contributed by atoms with E-state index in [0.717, 1.165) is 46.2 Å². The fourth-order valence-electron chi connectivity index (χ4n) is 3.47. The van der Waals surface area contributed by atoms with Crippen LogP contribution >= 0.6 is 11.8 Å². The van der Waals surface area contributed by atoms with Gasteiger partial charge in [0.25, 0.3) is 0 Å². The first-order chi connectivity index (χ1) is 13.5. The number of anilines is 1. The Morgan fingerprint density at radius 2 is 2.00 bits per heavy atom. The number of fused-ring (bicyclic) bond motifs is 1. The number of nitrogens with one attached hydrogen (secondary N) is 1. The van der Waals surface area contributed by atoms with E-state index >= 15 is 0 Å². The van der Waals surface area contributed by atoms with Crippen molar-refractivity contribution >= 4 is 23.4 Å². The Balaban J connectivity index is 1.38. The molecule has 144 valence electrons. The summed E-state index contributed by atoms with van der Waals surface area (Å²) in [5.74, 6) is 0.955. The van der Waals surface area contributed by atoms with Crippen LogP contribution in [0.15, 0.2) is 35.4 Å². The van der Waals surface area contributed by atoms with E-state index in [-0.39, 0.29) is 11.7 Å². The number of aromatic nitrogens is 4. The molecule has 0 fully saturated rings. The number of amides is 1. The lowest BCUT2D eigenvalue weighted by atomic mass is 10.1. The van der Waals surface area contributed by atoms with Crippen LogP contribution in [0.2, 0.25) is 0 Å². The molecule has 28 heavy (non-hydrogen) atoms. The van der Waals surface area contributed by atoms with Gasteiger partial charge in [-0.15, -0.1) is 10.2 Å². The zero-order chi connectivity index (χ0) is 19.7. The number of thioether (sulfide) groups is 1. The number of rotatable bonds is 5. The summed E-state index contributed by atoms with van der Waals surface area (Å²) in [5.41, 5.74) is 6.71. The maximum Gasteiger partial charge on any atom is 0.234 e. The molecule has 0 bridgehead atoms. The monoisotopic (exact) mass is 393 g/mol. The molecule has 0 saturated carbocycles. The number of carbonyl (C=O) groups excluding carboxylic acids is 1. The van der Waals surface area contributed by atoms with Crippen molar-refractivity contribution in [2.75, 3.05) is 11.1 Å². The lowest BCUT2D eigenvalue weighted by Crippen LogP contribution is -2.15. The molecule has 0 saturated heterocycles. The lowest BCUT2D eigenvalue weighted by Gasteiger charge is -2.09. The van der Waals surface area contributed by atoms with Gasteiger partial charge in [0.15, 0.2) is 5.82 Å². The van der Waals surface area contributed by atoms with E-state index in [4.69, 9.17) is 0 Å². The molecule has 2 aromatic heterocycles. The molecule has 0 atom stereocenters. The summed E-state index contributed by atoms with van der Waals surface area (Å²) in [6, 6.07) is 9.83. The summed E-state index contributed by atoms with van der Waals surface area (Å²) in [4.78, 5) is 12.3. The highest BCUT2D eigenvalue weighted by atomic mass is 32.2. The Bertz CT molecular complexity index is 1030. The van der Waals surface area contributed by atoms with Crippen molar-refractivity contribution in [1.82, 2.24) is 20.0 Å². The van der Waals surface area contributed by atoms with Crippen LogP contribution in [0.4, 0.5) is 5.69 Å². The van der Waals surface area contributed by atoms with Gasteiger partial charge in [0.05, 0.1) is 11.4 Å². The molecular weight excluding hydrogens is 370 g/mol. The first-order valence-electron chi connectivity index (χ1n) is 9.42. The Kier molecular flexibility index (Phi) is 5.17. The lowest BCUT2D eigenvalue weighted by molar-refractivity contribution is -0.113. The quantitative estimate of drug-likeness (QED) is 0.668. The average Bonchev–Trinajstić information content (AvgIpc) is 3.27. The van der Waals surface area contributed by atoms with Gasteiger partial charge in [-0.1, -0.05) is 23.9 Å². The molecule has 6 nitrogen and oxygen atoms in total. The second-order valence-electron chi connectivity index (χ2n) is 7.16. The normalized spacial score (nSPS) is 12.8. The second-order valence-corrected chi connectivity index (χ2v) is 8.16.